The van der Waals surface area contributed by atoms with Gasteiger partial charge in [-0.05, 0) is 49.4 Å². The van der Waals surface area contributed by atoms with Crippen molar-refractivity contribution in [1.29, 1.82) is 0 Å². The third-order valence-electron chi connectivity index (χ3n) is 4.01. The van der Waals surface area contributed by atoms with Gasteiger partial charge in [0.25, 0.3) is 5.91 Å². The van der Waals surface area contributed by atoms with Crippen LogP contribution >= 0.6 is 0 Å². The summed E-state index contributed by atoms with van der Waals surface area (Å²) in [4.78, 5) is 16.6. The Balaban J connectivity index is 1.56. The van der Waals surface area contributed by atoms with E-state index in [1.807, 2.05) is 55.5 Å². The highest BCUT2D eigenvalue weighted by molar-refractivity contribution is 5.94. The molecule has 3 rings (SSSR count). The van der Waals surface area contributed by atoms with Crippen LogP contribution in [0, 0.1) is 0 Å². The van der Waals surface area contributed by atoms with Crippen molar-refractivity contribution in [3.8, 4) is 17.2 Å². The number of pyridine rings is 1. The molecule has 2 aromatic carbocycles. The van der Waals surface area contributed by atoms with E-state index in [0.717, 1.165) is 11.4 Å². The Morgan fingerprint density at radius 1 is 0.897 bits per heavy atom. The van der Waals surface area contributed by atoms with Crippen LogP contribution in [0.1, 0.15) is 23.0 Å². The molecule has 0 saturated carbocycles. The lowest BCUT2D eigenvalue weighted by Gasteiger charge is -2.14. The highest BCUT2D eigenvalue weighted by Crippen LogP contribution is 2.28. The highest BCUT2D eigenvalue weighted by Gasteiger charge is 2.12. The van der Waals surface area contributed by atoms with E-state index in [-0.39, 0.29) is 5.91 Å². The molecule has 0 atom stereocenters. The van der Waals surface area contributed by atoms with E-state index in [2.05, 4.69) is 10.3 Å². The standard InChI is InChI=1S/C23H24N2O4/c1-2-27-22-16-18(23(26)25-17-19-8-6-7-13-24-19)11-12-21(22)29-15-14-28-20-9-4-3-5-10-20/h3-13,16H,2,14-15,17H2,1H3,(H,25,26). The van der Waals surface area contributed by atoms with Crippen LogP contribution < -0.4 is 19.5 Å². The first kappa shape index (κ1) is 20.2. The van der Waals surface area contributed by atoms with Crippen LogP contribution in [0.5, 0.6) is 17.2 Å². The second-order valence-corrected chi connectivity index (χ2v) is 6.11. The van der Waals surface area contributed by atoms with Crippen LogP contribution in [-0.4, -0.2) is 30.7 Å². The Labute approximate surface area is 170 Å². The number of nitrogens with one attached hydrogen (secondary N) is 1. The molecule has 0 aliphatic heterocycles. The first-order valence-corrected chi connectivity index (χ1v) is 9.52. The minimum absolute atomic E-state index is 0.199. The van der Waals surface area contributed by atoms with E-state index in [1.54, 1.807) is 24.4 Å². The van der Waals surface area contributed by atoms with Crippen LogP contribution in [0.15, 0.2) is 72.9 Å². The number of carbonyl (C=O) groups excluding carboxylic acids is 1. The maximum Gasteiger partial charge on any atom is 0.251 e. The SMILES string of the molecule is CCOc1cc(C(=O)NCc2ccccn2)ccc1OCCOc1ccccc1. The number of ether oxygens (including phenoxy) is 3. The van der Waals surface area contributed by atoms with E-state index < -0.39 is 0 Å². The number of hydrogen-bond acceptors (Lipinski definition) is 5. The molecular formula is C23H24N2O4. The molecular weight excluding hydrogens is 368 g/mol. The second-order valence-electron chi connectivity index (χ2n) is 6.11. The summed E-state index contributed by atoms with van der Waals surface area (Å²) in [5.74, 6) is 1.69. The van der Waals surface area contributed by atoms with E-state index >= 15 is 0 Å². The minimum atomic E-state index is -0.199. The molecule has 3 aromatic rings. The van der Waals surface area contributed by atoms with Crippen molar-refractivity contribution in [3.05, 3.63) is 84.2 Å². The lowest BCUT2D eigenvalue weighted by molar-refractivity contribution is 0.0950. The lowest BCUT2D eigenvalue weighted by atomic mass is 10.2. The summed E-state index contributed by atoms with van der Waals surface area (Å²) in [6, 6.07) is 20.3. The van der Waals surface area contributed by atoms with Gasteiger partial charge in [0, 0.05) is 11.8 Å². The topological polar surface area (TPSA) is 69.7 Å². The number of para-hydroxylation sites is 1. The first-order valence-electron chi connectivity index (χ1n) is 9.52. The molecule has 0 fully saturated rings. The predicted molar refractivity (Wildman–Crippen MR) is 110 cm³/mol. The number of amides is 1. The van der Waals surface area contributed by atoms with Crippen molar-refractivity contribution in [2.45, 2.75) is 13.5 Å². The Morgan fingerprint density at radius 3 is 2.45 bits per heavy atom. The first-order chi connectivity index (χ1) is 14.3. The fourth-order valence-electron chi connectivity index (χ4n) is 2.64. The molecule has 29 heavy (non-hydrogen) atoms. The van der Waals surface area contributed by atoms with Gasteiger partial charge in [-0.25, -0.2) is 0 Å². The van der Waals surface area contributed by atoms with Crippen LogP contribution in [0.2, 0.25) is 0 Å². The fraction of sp³-hybridized carbons (Fsp3) is 0.217. The summed E-state index contributed by atoms with van der Waals surface area (Å²) in [5.41, 5.74) is 1.29. The molecule has 1 aromatic heterocycles. The van der Waals surface area contributed by atoms with Gasteiger partial charge in [0.2, 0.25) is 0 Å². The molecule has 1 heterocycles. The zero-order chi connectivity index (χ0) is 20.3. The van der Waals surface area contributed by atoms with Gasteiger partial charge in [-0.2, -0.15) is 0 Å². The third kappa shape index (κ3) is 6.24. The normalized spacial score (nSPS) is 10.2. The number of nitrogens with zero attached hydrogens (tertiary/aromatic N) is 1. The number of hydrogen-bond donors (Lipinski definition) is 1. The van der Waals surface area contributed by atoms with Crippen LogP contribution in [0.25, 0.3) is 0 Å². The molecule has 6 heteroatoms. The summed E-state index contributed by atoms with van der Waals surface area (Å²) in [5, 5.41) is 2.86. The molecule has 150 valence electrons. The fourth-order valence-corrected chi connectivity index (χ4v) is 2.64. The molecule has 6 nitrogen and oxygen atoms in total. The van der Waals surface area contributed by atoms with E-state index in [0.29, 0.717) is 43.4 Å². The van der Waals surface area contributed by atoms with Gasteiger partial charge in [0.1, 0.15) is 19.0 Å². The van der Waals surface area contributed by atoms with Crippen molar-refractivity contribution in [2.24, 2.45) is 0 Å². The Morgan fingerprint density at radius 2 is 1.69 bits per heavy atom. The van der Waals surface area contributed by atoms with E-state index in [1.165, 1.54) is 0 Å². The summed E-state index contributed by atoms with van der Waals surface area (Å²) in [7, 11) is 0. The van der Waals surface area contributed by atoms with Gasteiger partial charge in [0.05, 0.1) is 18.8 Å². The summed E-state index contributed by atoms with van der Waals surface area (Å²) in [6.45, 7) is 3.48. The summed E-state index contributed by atoms with van der Waals surface area (Å²) >= 11 is 0. The van der Waals surface area contributed by atoms with Crippen LogP contribution in [0.4, 0.5) is 0 Å². The van der Waals surface area contributed by atoms with Gasteiger partial charge in [-0.15, -0.1) is 0 Å². The smallest absolute Gasteiger partial charge is 0.251 e. The van der Waals surface area contributed by atoms with Gasteiger partial charge in [0.15, 0.2) is 11.5 Å². The van der Waals surface area contributed by atoms with Crippen molar-refractivity contribution in [3.63, 3.8) is 0 Å². The Kier molecular flexibility index (Phi) is 7.46. The maximum atomic E-state index is 12.4. The zero-order valence-electron chi connectivity index (χ0n) is 16.3. The molecule has 0 aliphatic rings. The van der Waals surface area contributed by atoms with Crippen molar-refractivity contribution in [2.75, 3.05) is 19.8 Å². The number of benzene rings is 2. The van der Waals surface area contributed by atoms with E-state index in [4.69, 9.17) is 14.2 Å². The average Bonchev–Trinajstić information content (AvgIpc) is 2.77. The summed E-state index contributed by atoms with van der Waals surface area (Å²) in [6.07, 6.45) is 1.70. The quantitative estimate of drug-likeness (QED) is 0.531. The number of aromatic nitrogens is 1. The van der Waals surface area contributed by atoms with Gasteiger partial charge >= 0.3 is 0 Å². The largest absolute Gasteiger partial charge is 0.490 e. The van der Waals surface area contributed by atoms with Gasteiger partial charge < -0.3 is 19.5 Å². The molecule has 1 N–H and O–H groups in total. The molecule has 0 saturated heterocycles. The van der Waals surface area contributed by atoms with Gasteiger partial charge in [-0.1, -0.05) is 24.3 Å². The lowest BCUT2D eigenvalue weighted by Crippen LogP contribution is -2.23. The second kappa shape index (κ2) is 10.7. The van der Waals surface area contributed by atoms with E-state index in [9.17, 15) is 4.79 Å². The van der Waals surface area contributed by atoms with Gasteiger partial charge in [-0.3, -0.25) is 9.78 Å². The highest BCUT2D eigenvalue weighted by atomic mass is 16.5. The van der Waals surface area contributed by atoms with Crippen LogP contribution in [-0.2, 0) is 6.54 Å². The molecule has 0 aliphatic carbocycles. The number of carbonyl (C=O) groups is 1. The molecule has 1 amide bonds. The van der Waals surface area contributed by atoms with Crippen molar-refractivity contribution >= 4 is 5.91 Å². The molecule has 0 bridgehead atoms. The predicted octanol–water partition coefficient (Wildman–Crippen LogP) is 3.87. The zero-order valence-corrected chi connectivity index (χ0v) is 16.3. The third-order valence-corrected chi connectivity index (χ3v) is 4.01. The maximum absolute atomic E-state index is 12.4. The Hall–Kier alpha value is -3.54. The van der Waals surface area contributed by atoms with Crippen molar-refractivity contribution in [1.82, 2.24) is 10.3 Å². The molecule has 0 spiro atoms. The molecule has 0 radical (unpaired) electrons. The Bertz CT molecular complexity index is 901. The minimum Gasteiger partial charge on any atom is -0.490 e. The van der Waals surface area contributed by atoms with Crippen LogP contribution in [0.3, 0.4) is 0 Å². The summed E-state index contributed by atoms with van der Waals surface area (Å²) < 4.78 is 17.1. The monoisotopic (exact) mass is 392 g/mol. The van der Waals surface area contributed by atoms with Crippen molar-refractivity contribution < 1.29 is 19.0 Å². The molecule has 0 unspecified atom stereocenters. The average molecular weight is 392 g/mol. The number of rotatable bonds is 10.